The fourth-order valence-electron chi connectivity index (χ4n) is 2.13. The molecule has 0 radical (unpaired) electrons. The van der Waals surface area contributed by atoms with Gasteiger partial charge in [0, 0.05) is 24.5 Å². The number of anilines is 2. The van der Waals surface area contributed by atoms with Crippen LogP contribution in [-0.4, -0.2) is 106 Å². The number of benzene rings is 2. The minimum absolute atomic E-state index is 0. The van der Waals surface area contributed by atoms with Crippen LogP contribution >= 0.6 is 0 Å². The highest BCUT2D eigenvalue weighted by molar-refractivity contribution is 7.89. The van der Waals surface area contributed by atoms with Crippen LogP contribution in [0.2, 0.25) is 0 Å². The largest absolute Gasteiger partial charge is 0.412 e. The lowest BCUT2D eigenvalue weighted by Gasteiger charge is -2.02. The first-order valence-corrected chi connectivity index (χ1v) is 18.6. The van der Waals surface area contributed by atoms with Gasteiger partial charge in [0.15, 0.2) is 0 Å². The summed E-state index contributed by atoms with van der Waals surface area (Å²) in [5.74, 6) is 0. The van der Waals surface area contributed by atoms with E-state index in [2.05, 4.69) is 9.44 Å². The second-order valence-electron chi connectivity index (χ2n) is 7.66. The van der Waals surface area contributed by atoms with Crippen molar-refractivity contribution in [1.29, 1.82) is 0 Å². The van der Waals surface area contributed by atoms with Crippen LogP contribution < -0.4 is 20.9 Å². The van der Waals surface area contributed by atoms with Crippen LogP contribution in [0.3, 0.4) is 0 Å². The number of rotatable bonds is 8. The van der Waals surface area contributed by atoms with Crippen molar-refractivity contribution >= 4 is 62.6 Å². The predicted octanol–water partition coefficient (Wildman–Crippen LogP) is -2.89. The third kappa shape index (κ3) is 65.2. The molecule has 0 unspecified atom stereocenters. The standard InChI is InChI=1S/2C9H14N2O2S.3H2O4S.2H2O/c2*1-14(12,13)11-7-6-8-2-4-9(10)5-3-8;3*1-5(2,3)4;;/h2*2-5,11H,6-7,10H2,1H3;3*(H2,1,2,3,4);2*1H2. The van der Waals surface area contributed by atoms with E-state index in [0.29, 0.717) is 37.3 Å². The van der Waals surface area contributed by atoms with Crippen molar-refractivity contribution in [3.63, 3.8) is 0 Å². The van der Waals surface area contributed by atoms with Gasteiger partial charge in [-0.2, -0.15) is 25.3 Å². The number of hydrogen-bond acceptors (Lipinski definition) is 12. The molecule has 0 saturated heterocycles. The Hall–Kier alpha value is -2.61. The van der Waals surface area contributed by atoms with E-state index in [1.165, 1.54) is 0 Å². The molecule has 22 nitrogen and oxygen atoms in total. The molecule has 0 fully saturated rings. The van der Waals surface area contributed by atoms with Gasteiger partial charge in [0.05, 0.1) is 12.5 Å². The van der Waals surface area contributed by atoms with E-state index in [1.54, 1.807) is 24.3 Å². The Balaban J connectivity index is -0.000000160. The Morgan fingerprint density at radius 2 is 0.667 bits per heavy atom. The Bertz CT molecular complexity index is 1440. The second kappa shape index (κ2) is 23.7. The average Bonchev–Trinajstić information content (AvgIpc) is 2.72. The fraction of sp³-hybridized carbons (Fsp3) is 0.333. The van der Waals surface area contributed by atoms with Crippen LogP contribution in [0.15, 0.2) is 48.5 Å². The summed E-state index contributed by atoms with van der Waals surface area (Å²) in [5.41, 5.74) is 14.6. The molecular formula is C18H38N4O18S5. The molecule has 0 aliphatic carbocycles. The van der Waals surface area contributed by atoms with Gasteiger partial charge in [0.25, 0.3) is 0 Å². The summed E-state index contributed by atoms with van der Waals surface area (Å²) >= 11 is 0. The molecule has 0 aliphatic heterocycles. The van der Waals surface area contributed by atoms with Gasteiger partial charge < -0.3 is 22.4 Å². The van der Waals surface area contributed by atoms with Crippen LogP contribution in [0.5, 0.6) is 0 Å². The van der Waals surface area contributed by atoms with Crippen molar-refractivity contribution in [3.05, 3.63) is 59.7 Å². The molecule has 2 aromatic carbocycles. The highest BCUT2D eigenvalue weighted by Crippen LogP contribution is 2.06. The Morgan fingerprint density at radius 3 is 0.822 bits per heavy atom. The van der Waals surface area contributed by atoms with E-state index in [-0.39, 0.29) is 11.0 Å². The molecule has 0 spiro atoms. The Morgan fingerprint density at radius 1 is 0.489 bits per heavy atom. The SMILES string of the molecule is CS(=O)(=O)NCCc1ccc(N)cc1.CS(=O)(=O)NCCc1ccc(N)cc1.O.O.O=S(=O)(O)O.O=S(=O)(O)O.O=S(=O)(O)O. The van der Waals surface area contributed by atoms with Crippen LogP contribution in [-0.2, 0) is 64.1 Å². The maximum absolute atomic E-state index is 10.7. The Kier molecular flexibility index (Phi) is 27.3. The van der Waals surface area contributed by atoms with E-state index in [9.17, 15) is 16.8 Å². The summed E-state index contributed by atoms with van der Waals surface area (Å²) in [5, 5.41) is 0. The van der Waals surface area contributed by atoms with Gasteiger partial charge >= 0.3 is 31.2 Å². The van der Waals surface area contributed by atoms with Crippen molar-refractivity contribution in [2.24, 2.45) is 0 Å². The first-order chi connectivity index (χ1) is 18.9. The van der Waals surface area contributed by atoms with Crippen molar-refractivity contribution < 1.29 is 80.4 Å². The average molecular weight is 759 g/mol. The van der Waals surface area contributed by atoms with Crippen molar-refractivity contribution in [3.8, 4) is 0 Å². The van der Waals surface area contributed by atoms with Gasteiger partial charge in [0.1, 0.15) is 0 Å². The van der Waals surface area contributed by atoms with Crippen molar-refractivity contribution in [2.75, 3.05) is 37.1 Å². The van der Waals surface area contributed by atoms with E-state index in [0.717, 1.165) is 23.6 Å². The first kappa shape index (κ1) is 51.9. The van der Waals surface area contributed by atoms with Crippen LogP contribution in [0.25, 0.3) is 0 Å². The van der Waals surface area contributed by atoms with Gasteiger partial charge in [-0.1, -0.05) is 24.3 Å². The molecule has 2 aromatic rings. The fourth-order valence-corrected chi connectivity index (χ4v) is 3.08. The zero-order valence-corrected chi connectivity index (χ0v) is 27.5. The number of hydrogen-bond donors (Lipinski definition) is 10. The van der Waals surface area contributed by atoms with Crippen LogP contribution in [0.4, 0.5) is 11.4 Å². The van der Waals surface area contributed by atoms with Gasteiger partial charge in [-0.15, -0.1) is 0 Å². The number of nitrogens with one attached hydrogen (secondary N) is 2. The van der Waals surface area contributed by atoms with Gasteiger partial charge in [0.2, 0.25) is 20.0 Å². The molecule has 268 valence electrons. The maximum atomic E-state index is 10.7. The molecule has 45 heavy (non-hydrogen) atoms. The first-order valence-electron chi connectivity index (χ1n) is 10.6. The molecule has 0 aromatic heterocycles. The quantitative estimate of drug-likeness (QED) is 0.0954. The number of nitrogens with two attached hydrogens (primary N) is 2. The molecule has 0 saturated carbocycles. The highest BCUT2D eigenvalue weighted by atomic mass is 32.3. The molecule has 0 aliphatic rings. The number of nitrogen functional groups attached to an aromatic ring is 2. The third-order valence-corrected chi connectivity index (χ3v) is 4.97. The summed E-state index contributed by atoms with van der Waals surface area (Å²) in [4.78, 5) is 0. The lowest BCUT2D eigenvalue weighted by molar-refractivity contribution is 0.378. The smallest absolute Gasteiger partial charge is 0.394 e. The topological polar surface area (TPSA) is 431 Å². The molecular weight excluding hydrogens is 721 g/mol. The summed E-state index contributed by atoms with van der Waals surface area (Å²) < 4.78 is 143. The van der Waals surface area contributed by atoms with Crippen LogP contribution in [0, 0.1) is 0 Å². The predicted molar refractivity (Wildman–Crippen MR) is 165 cm³/mol. The molecule has 0 atom stereocenters. The monoisotopic (exact) mass is 758 g/mol. The van der Waals surface area contributed by atoms with E-state index < -0.39 is 51.2 Å². The van der Waals surface area contributed by atoms with E-state index in [4.69, 9.17) is 64.0 Å². The zero-order chi connectivity index (χ0) is 34.7. The normalized spacial score (nSPS) is 11.0. The van der Waals surface area contributed by atoms with Crippen molar-refractivity contribution in [1.82, 2.24) is 9.44 Å². The van der Waals surface area contributed by atoms with Crippen molar-refractivity contribution in [2.45, 2.75) is 12.8 Å². The minimum atomic E-state index is -4.67. The lowest BCUT2D eigenvalue weighted by Crippen LogP contribution is -2.24. The summed E-state index contributed by atoms with van der Waals surface area (Å²) in [7, 11) is -20.2. The lowest BCUT2D eigenvalue weighted by atomic mass is 10.1. The second-order valence-corrected chi connectivity index (χ2v) is 14.0. The molecule has 27 heteroatoms. The van der Waals surface area contributed by atoms with Gasteiger partial charge in [-0.25, -0.2) is 26.3 Å². The number of sulfonamides is 2. The van der Waals surface area contributed by atoms with Gasteiger partial charge in [-0.3, -0.25) is 27.3 Å². The van der Waals surface area contributed by atoms with Crippen LogP contribution in [0.1, 0.15) is 11.1 Å². The minimum Gasteiger partial charge on any atom is -0.412 e. The van der Waals surface area contributed by atoms with Gasteiger partial charge in [-0.05, 0) is 48.2 Å². The highest BCUT2D eigenvalue weighted by Gasteiger charge is 2.00. The zero-order valence-electron chi connectivity index (χ0n) is 23.4. The Labute approximate surface area is 261 Å². The molecule has 0 amide bonds. The summed E-state index contributed by atoms with van der Waals surface area (Å²) in [6.45, 7) is 0.839. The van der Waals surface area contributed by atoms with E-state index >= 15 is 0 Å². The van der Waals surface area contributed by atoms with E-state index in [1.807, 2.05) is 24.3 Å². The molecule has 0 heterocycles. The molecule has 0 bridgehead atoms. The maximum Gasteiger partial charge on any atom is 0.394 e. The third-order valence-electron chi connectivity index (χ3n) is 3.52. The summed E-state index contributed by atoms with van der Waals surface area (Å²) in [6.07, 6.45) is 3.65. The molecule has 16 N–H and O–H groups in total. The molecule has 2 rings (SSSR count). The summed E-state index contributed by atoms with van der Waals surface area (Å²) in [6, 6.07) is 14.8.